The smallest absolute Gasteiger partial charge is 0.475 e. The van der Waals surface area contributed by atoms with E-state index in [-0.39, 0.29) is 6.04 Å². The molecule has 0 aliphatic heterocycles. The second-order valence-corrected chi connectivity index (χ2v) is 5.34. The van der Waals surface area contributed by atoms with Gasteiger partial charge in [-0.25, -0.2) is 14.6 Å². The number of nitrogens with zero attached hydrogens (tertiary/aromatic N) is 1. The third-order valence-corrected chi connectivity index (χ3v) is 2.87. The summed E-state index contributed by atoms with van der Waals surface area (Å²) in [6.45, 7) is 0. The molecular formula is C15H12ClF6N3O4. The van der Waals surface area contributed by atoms with E-state index in [1.807, 2.05) is 12.1 Å². The van der Waals surface area contributed by atoms with Gasteiger partial charge in [-0.15, -0.1) is 12.3 Å². The molecule has 1 aromatic carbocycles. The van der Waals surface area contributed by atoms with Crippen LogP contribution in [0, 0.1) is 12.3 Å². The normalized spacial score (nSPS) is 12.0. The topological polar surface area (TPSA) is 129 Å². The first-order valence-corrected chi connectivity index (χ1v) is 7.41. The SMILES string of the molecule is C#CC[C@H](N)c1nc2ccc(Cl)cc2[nH]1.O=C(O)C(F)(F)F.O=C(O)C(F)(F)F. The van der Waals surface area contributed by atoms with Crippen molar-refractivity contribution in [3.05, 3.63) is 29.0 Å². The van der Waals surface area contributed by atoms with Crippen molar-refractivity contribution in [2.75, 3.05) is 0 Å². The Labute approximate surface area is 163 Å². The zero-order chi connectivity index (χ0) is 23.0. The molecule has 2 rings (SSSR count). The second-order valence-electron chi connectivity index (χ2n) is 4.90. The Morgan fingerprint density at radius 2 is 1.62 bits per heavy atom. The number of aliphatic carboxylic acids is 2. The van der Waals surface area contributed by atoms with Crippen LogP contribution in [0.4, 0.5) is 26.3 Å². The maximum absolute atomic E-state index is 10.6. The lowest BCUT2D eigenvalue weighted by atomic mass is 10.2. The summed E-state index contributed by atoms with van der Waals surface area (Å²) in [6, 6.07) is 5.21. The van der Waals surface area contributed by atoms with Crippen molar-refractivity contribution in [2.24, 2.45) is 5.73 Å². The molecule has 7 nitrogen and oxygen atoms in total. The highest BCUT2D eigenvalue weighted by atomic mass is 35.5. The van der Waals surface area contributed by atoms with Crippen LogP contribution in [0.2, 0.25) is 5.02 Å². The van der Waals surface area contributed by atoms with E-state index >= 15 is 0 Å². The molecule has 0 fully saturated rings. The van der Waals surface area contributed by atoms with Crippen molar-refractivity contribution in [1.29, 1.82) is 0 Å². The van der Waals surface area contributed by atoms with Crippen LogP contribution >= 0.6 is 11.6 Å². The number of imidazole rings is 1. The molecule has 1 heterocycles. The second kappa shape index (κ2) is 10.5. The molecule has 1 atom stereocenters. The summed E-state index contributed by atoms with van der Waals surface area (Å²) in [5, 5.41) is 14.9. The Balaban J connectivity index is 0.000000473. The minimum atomic E-state index is -5.08. The van der Waals surface area contributed by atoms with Gasteiger partial charge >= 0.3 is 24.3 Å². The minimum Gasteiger partial charge on any atom is -0.475 e. The summed E-state index contributed by atoms with van der Waals surface area (Å²) in [6.07, 6.45) is -4.51. The molecule has 0 amide bonds. The largest absolute Gasteiger partial charge is 0.490 e. The van der Waals surface area contributed by atoms with Crippen molar-refractivity contribution >= 4 is 34.6 Å². The first-order valence-electron chi connectivity index (χ1n) is 7.04. The van der Waals surface area contributed by atoms with Crippen LogP contribution in [0.25, 0.3) is 11.0 Å². The molecule has 0 saturated heterocycles. The van der Waals surface area contributed by atoms with Crippen LogP contribution in [0.5, 0.6) is 0 Å². The zero-order valence-corrected chi connectivity index (χ0v) is 14.7. The lowest BCUT2D eigenvalue weighted by Crippen LogP contribution is -2.21. The average Bonchev–Trinajstić information content (AvgIpc) is 2.97. The molecule has 1 aromatic heterocycles. The number of halogens is 7. The summed E-state index contributed by atoms with van der Waals surface area (Å²) >= 11 is 5.86. The van der Waals surface area contributed by atoms with Gasteiger partial charge in [0.2, 0.25) is 0 Å². The maximum atomic E-state index is 10.6. The predicted molar refractivity (Wildman–Crippen MR) is 88.9 cm³/mol. The Kier molecular flexibility index (Phi) is 9.45. The molecule has 14 heteroatoms. The van der Waals surface area contributed by atoms with Crippen molar-refractivity contribution in [1.82, 2.24) is 9.97 Å². The number of alkyl halides is 6. The van der Waals surface area contributed by atoms with E-state index in [2.05, 4.69) is 15.9 Å². The van der Waals surface area contributed by atoms with E-state index in [1.54, 1.807) is 6.07 Å². The molecule has 0 aliphatic rings. The quantitative estimate of drug-likeness (QED) is 0.412. The minimum absolute atomic E-state index is 0.249. The number of aromatic nitrogens is 2. The number of hydrogen-bond acceptors (Lipinski definition) is 4. The van der Waals surface area contributed by atoms with Crippen LogP contribution in [0.15, 0.2) is 18.2 Å². The number of fused-ring (bicyclic) bond motifs is 1. The number of nitrogens with two attached hydrogens (primary N) is 1. The van der Waals surface area contributed by atoms with Crippen molar-refractivity contribution in [3.8, 4) is 12.3 Å². The summed E-state index contributed by atoms with van der Waals surface area (Å²) in [4.78, 5) is 25.2. The van der Waals surface area contributed by atoms with Gasteiger partial charge in [-0.1, -0.05) is 11.6 Å². The average molecular weight is 448 g/mol. The summed E-state index contributed by atoms with van der Waals surface area (Å²) in [5.41, 5.74) is 7.57. The van der Waals surface area contributed by atoms with Gasteiger partial charge < -0.3 is 20.9 Å². The van der Waals surface area contributed by atoms with Crippen LogP contribution in [-0.4, -0.2) is 44.5 Å². The number of carbonyl (C=O) groups is 2. The van der Waals surface area contributed by atoms with Crippen LogP contribution in [-0.2, 0) is 9.59 Å². The highest BCUT2D eigenvalue weighted by Crippen LogP contribution is 2.20. The van der Waals surface area contributed by atoms with E-state index in [9.17, 15) is 26.3 Å². The Bertz CT molecular complexity index is 865. The first kappa shape index (κ1) is 26.0. The Morgan fingerprint density at radius 3 is 2.00 bits per heavy atom. The number of carboxylic acids is 2. The number of rotatable bonds is 2. The van der Waals surface area contributed by atoms with Crippen molar-refractivity contribution in [2.45, 2.75) is 24.8 Å². The van der Waals surface area contributed by atoms with Gasteiger partial charge in [-0.3, -0.25) is 0 Å². The van der Waals surface area contributed by atoms with Crippen LogP contribution in [0.1, 0.15) is 18.3 Å². The number of H-pyrrole nitrogens is 1. The molecule has 0 spiro atoms. The van der Waals surface area contributed by atoms with Gasteiger partial charge in [0.15, 0.2) is 0 Å². The van der Waals surface area contributed by atoms with Gasteiger partial charge in [-0.2, -0.15) is 26.3 Å². The Morgan fingerprint density at radius 1 is 1.17 bits per heavy atom. The van der Waals surface area contributed by atoms with Gasteiger partial charge in [-0.05, 0) is 18.2 Å². The van der Waals surface area contributed by atoms with Gasteiger partial charge in [0, 0.05) is 11.4 Å². The molecule has 5 N–H and O–H groups in total. The molecule has 0 saturated carbocycles. The summed E-state index contributed by atoms with van der Waals surface area (Å²) < 4.78 is 63.5. The third kappa shape index (κ3) is 9.67. The van der Waals surface area contributed by atoms with E-state index in [0.29, 0.717) is 17.3 Å². The lowest BCUT2D eigenvalue weighted by molar-refractivity contribution is -0.193. The highest BCUT2D eigenvalue weighted by Gasteiger charge is 2.38. The summed E-state index contributed by atoms with van der Waals surface area (Å²) in [7, 11) is 0. The molecular weight excluding hydrogens is 436 g/mol. The number of terminal acetylenes is 1. The number of hydrogen-bond donors (Lipinski definition) is 4. The fourth-order valence-electron chi connectivity index (χ4n) is 1.40. The molecule has 0 unspecified atom stereocenters. The predicted octanol–water partition coefficient (Wildman–Crippen LogP) is 3.51. The van der Waals surface area contributed by atoms with E-state index in [1.165, 1.54) is 0 Å². The summed E-state index contributed by atoms with van der Waals surface area (Å²) in [5.74, 6) is -2.30. The zero-order valence-electron chi connectivity index (χ0n) is 14.0. The number of benzene rings is 1. The van der Waals surface area contributed by atoms with E-state index in [0.717, 1.165) is 11.0 Å². The first-order chi connectivity index (χ1) is 13.1. The van der Waals surface area contributed by atoms with Gasteiger partial charge in [0.1, 0.15) is 5.82 Å². The Hall–Kier alpha value is -2.98. The van der Waals surface area contributed by atoms with Gasteiger partial charge in [0.25, 0.3) is 0 Å². The highest BCUT2D eigenvalue weighted by molar-refractivity contribution is 6.31. The number of nitrogens with one attached hydrogen (secondary N) is 1. The fraction of sp³-hybridized carbons (Fsp3) is 0.267. The molecule has 160 valence electrons. The van der Waals surface area contributed by atoms with Gasteiger partial charge in [0.05, 0.1) is 17.1 Å². The fourth-order valence-corrected chi connectivity index (χ4v) is 1.57. The molecule has 0 aliphatic carbocycles. The number of carboxylic acid groups (broad SMARTS) is 2. The third-order valence-electron chi connectivity index (χ3n) is 2.64. The van der Waals surface area contributed by atoms with Crippen molar-refractivity contribution in [3.63, 3.8) is 0 Å². The number of aromatic amines is 1. The maximum Gasteiger partial charge on any atom is 0.490 e. The van der Waals surface area contributed by atoms with Crippen LogP contribution in [0.3, 0.4) is 0 Å². The van der Waals surface area contributed by atoms with E-state index < -0.39 is 24.3 Å². The molecule has 0 radical (unpaired) electrons. The monoisotopic (exact) mass is 447 g/mol. The van der Waals surface area contributed by atoms with Crippen molar-refractivity contribution < 1.29 is 46.1 Å². The molecule has 2 aromatic rings. The standard InChI is InChI=1S/C11H10ClN3.2C2HF3O2/c1-2-3-8(13)11-14-9-5-4-7(12)6-10(9)15-11;2*3-2(4,5)1(6)7/h1,4-6,8H,3,13H2,(H,14,15);2*(H,6,7)/t8-;;/m0../s1. The lowest BCUT2D eigenvalue weighted by Gasteiger charge is -2.01. The van der Waals surface area contributed by atoms with Crippen LogP contribution < -0.4 is 5.73 Å². The molecule has 29 heavy (non-hydrogen) atoms. The molecule has 0 bridgehead atoms. The van der Waals surface area contributed by atoms with E-state index in [4.69, 9.17) is 43.6 Å².